The van der Waals surface area contributed by atoms with Gasteiger partial charge >= 0.3 is 0 Å². The van der Waals surface area contributed by atoms with E-state index < -0.39 is 0 Å². The molecule has 0 saturated carbocycles. The van der Waals surface area contributed by atoms with Crippen LogP contribution >= 0.6 is 0 Å². The van der Waals surface area contributed by atoms with Crippen molar-refractivity contribution in [3.05, 3.63) is 89.9 Å². The molecule has 4 rings (SSSR count). The standard InChI is InChI=1S/C22H19N3O2/c1-15-12-13-20-23-16(2)21(25(20)14-15)22(26)24-18-10-6-7-11-19(18)27-17-8-4-3-5-9-17/h3-14H,1-2H3,(H,24,26). The van der Waals surface area contributed by atoms with E-state index in [-0.39, 0.29) is 5.91 Å². The molecule has 1 amide bonds. The number of aryl methyl sites for hydroxylation is 2. The van der Waals surface area contributed by atoms with Crippen molar-refractivity contribution in [1.29, 1.82) is 0 Å². The molecule has 4 aromatic rings. The molecule has 5 heteroatoms. The number of rotatable bonds is 4. The van der Waals surface area contributed by atoms with Gasteiger partial charge in [-0.05, 0) is 49.7 Å². The Bertz CT molecular complexity index is 1120. The highest BCUT2D eigenvalue weighted by Gasteiger charge is 2.18. The molecule has 0 atom stereocenters. The number of hydrogen-bond donors (Lipinski definition) is 1. The molecular formula is C22H19N3O2. The molecule has 2 heterocycles. The Labute approximate surface area is 157 Å². The van der Waals surface area contributed by atoms with E-state index in [1.807, 2.05) is 91.2 Å². The molecule has 27 heavy (non-hydrogen) atoms. The van der Waals surface area contributed by atoms with Gasteiger partial charge in [-0.25, -0.2) is 4.98 Å². The van der Waals surface area contributed by atoms with Gasteiger partial charge < -0.3 is 10.1 Å². The summed E-state index contributed by atoms with van der Waals surface area (Å²) in [6, 6.07) is 20.7. The second kappa shape index (κ2) is 6.96. The molecule has 0 bridgehead atoms. The van der Waals surface area contributed by atoms with Crippen LogP contribution in [-0.4, -0.2) is 15.3 Å². The fraction of sp³-hybridized carbons (Fsp3) is 0.0909. The van der Waals surface area contributed by atoms with E-state index in [0.717, 1.165) is 11.2 Å². The number of ether oxygens (including phenoxy) is 1. The van der Waals surface area contributed by atoms with Crippen molar-refractivity contribution in [2.24, 2.45) is 0 Å². The SMILES string of the molecule is Cc1ccc2nc(C)c(C(=O)Nc3ccccc3Oc3ccccc3)n2c1. The summed E-state index contributed by atoms with van der Waals surface area (Å²) in [6.07, 6.45) is 1.91. The molecule has 0 aliphatic carbocycles. The lowest BCUT2D eigenvalue weighted by atomic mass is 10.2. The summed E-state index contributed by atoms with van der Waals surface area (Å²) in [5, 5.41) is 2.96. The number of carbonyl (C=O) groups is 1. The molecule has 2 aromatic heterocycles. The number of anilines is 1. The van der Waals surface area contributed by atoms with Gasteiger partial charge in [-0.3, -0.25) is 9.20 Å². The predicted octanol–water partition coefficient (Wildman–Crippen LogP) is 5.00. The summed E-state index contributed by atoms with van der Waals surface area (Å²) in [7, 11) is 0. The van der Waals surface area contributed by atoms with Crippen molar-refractivity contribution < 1.29 is 9.53 Å². The molecule has 0 radical (unpaired) electrons. The van der Waals surface area contributed by atoms with Crippen LogP contribution in [0.2, 0.25) is 0 Å². The molecule has 0 spiro atoms. The van der Waals surface area contributed by atoms with Crippen LogP contribution < -0.4 is 10.1 Å². The summed E-state index contributed by atoms with van der Waals surface area (Å²) in [4.78, 5) is 17.5. The predicted molar refractivity (Wildman–Crippen MR) is 106 cm³/mol. The van der Waals surface area contributed by atoms with Crippen molar-refractivity contribution in [3.63, 3.8) is 0 Å². The fourth-order valence-corrected chi connectivity index (χ4v) is 3.00. The summed E-state index contributed by atoms with van der Waals surface area (Å²) in [5.74, 6) is 1.07. The molecule has 2 aromatic carbocycles. The minimum absolute atomic E-state index is 0.227. The molecule has 0 aliphatic rings. The maximum atomic E-state index is 13.0. The summed E-state index contributed by atoms with van der Waals surface area (Å²) in [5.41, 5.74) is 3.61. The summed E-state index contributed by atoms with van der Waals surface area (Å²) < 4.78 is 7.75. The van der Waals surface area contributed by atoms with Gasteiger partial charge in [0.25, 0.3) is 5.91 Å². The van der Waals surface area contributed by atoms with Gasteiger partial charge in [0, 0.05) is 6.20 Å². The minimum Gasteiger partial charge on any atom is -0.455 e. The van der Waals surface area contributed by atoms with Gasteiger partial charge in [0.15, 0.2) is 5.75 Å². The van der Waals surface area contributed by atoms with E-state index in [1.165, 1.54) is 0 Å². The third-order valence-corrected chi connectivity index (χ3v) is 4.26. The highest BCUT2D eigenvalue weighted by atomic mass is 16.5. The zero-order chi connectivity index (χ0) is 18.8. The molecule has 0 aliphatic heterocycles. The number of benzene rings is 2. The molecule has 1 N–H and O–H groups in total. The largest absolute Gasteiger partial charge is 0.455 e. The number of fused-ring (bicyclic) bond motifs is 1. The number of amides is 1. The van der Waals surface area contributed by atoms with Crippen LogP contribution in [0.5, 0.6) is 11.5 Å². The van der Waals surface area contributed by atoms with Crippen LogP contribution in [0.3, 0.4) is 0 Å². The topological polar surface area (TPSA) is 55.6 Å². The minimum atomic E-state index is -0.227. The normalized spacial score (nSPS) is 10.7. The number of hydrogen-bond acceptors (Lipinski definition) is 3. The van der Waals surface area contributed by atoms with Crippen molar-refractivity contribution in [3.8, 4) is 11.5 Å². The molecular weight excluding hydrogens is 338 g/mol. The van der Waals surface area contributed by atoms with E-state index in [0.29, 0.717) is 28.6 Å². The monoisotopic (exact) mass is 357 g/mol. The van der Waals surface area contributed by atoms with Gasteiger partial charge in [0.05, 0.1) is 11.4 Å². The second-order valence-electron chi connectivity index (χ2n) is 6.35. The highest BCUT2D eigenvalue weighted by Crippen LogP contribution is 2.29. The van der Waals surface area contributed by atoms with Gasteiger partial charge in [0.2, 0.25) is 0 Å². The van der Waals surface area contributed by atoms with Crippen LogP contribution in [-0.2, 0) is 0 Å². The Balaban J connectivity index is 1.66. The van der Waals surface area contributed by atoms with Crippen LogP contribution in [0.4, 0.5) is 5.69 Å². The second-order valence-corrected chi connectivity index (χ2v) is 6.35. The van der Waals surface area contributed by atoms with Crippen molar-refractivity contribution in [1.82, 2.24) is 9.38 Å². The first-order valence-electron chi connectivity index (χ1n) is 8.70. The number of nitrogens with zero attached hydrogens (tertiary/aromatic N) is 2. The van der Waals surface area contributed by atoms with Crippen LogP contribution in [0.15, 0.2) is 72.9 Å². The van der Waals surface area contributed by atoms with E-state index in [9.17, 15) is 4.79 Å². The zero-order valence-electron chi connectivity index (χ0n) is 15.1. The Morgan fingerprint density at radius 2 is 1.70 bits per heavy atom. The maximum absolute atomic E-state index is 13.0. The first kappa shape index (κ1) is 16.8. The van der Waals surface area contributed by atoms with E-state index >= 15 is 0 Å². The average Bonchev–Trinajstić information content (AvgIpc) is 2.99. The van der Waals surface area contributed by atoms with Crippen molar-refractivity contribution in [2.75, 3.05) is 5.32 Å². The Hall–Kier alpha value is -3.60. The average molecular weight is 357 g/mol. The summed E-state index contributed by atoms with van der Waals surface area (Å²) >= 11 is 0. The lowest BCUT2D eigenvalue weighted by Gasteiger charge is -2.12. The van der Waals surface area contributed by atoms with Crippen LogP contribution in [0.25, 0.3) is 5.65 Å². The third kappa shape index (κ3) is 3.40. The molecule has 134 valence electrons. The Morgan fingerprint density at radius 3 is 2.52 bits per heavy atom. The van der Waals surface area contributed by atoms with E-state index in [2.05, 4.69) is 10.3 Å². The van der Waals surface area contributed by atoms with Gasteiger partial charge in [-0.2, -0.15) is 0 Å². The summed E-state index contributed by atoms with van der Waals surface area (Å²) in [6.45, 7) is 3.82. The number of carbonyl (C=O) groups excluding carboxylic acids is 1. The number of aromatic nitrogens is 2. The number of imidazole rings is 1. The first-order valence-corrected chi connectivity index (χ1v) is 8.70. The smallest absolute Gasteiger partial charge is 0.274 e. The van der Waals surface area contributed by atoms with Crippen LogP contribution in [0.1, 0.15) is 21.7 Å². The Morgan fingerprint density at radius 1 is 0.963 bits per heavy atom. The maximum Gasteiger partial charge on any atom is 0.274 e. The lowest BCUT2D eigenvalue weighted by Crippen LogP contribution is -2.16. The van der Waals surface area contributed by atoms with Crippen molar-refractivity contribution in [2.45, 2.75) is 13.8 Å². The molecule has 0 unspecified atom stereocenters. The third-order valence-electron chi connectivity index (χ3n) is 4.26. The Kier molecular flexibility index (Phi) is 4.34. The van der Waals surface area contributed by atoms with E-state index in [1.54, 1.807) is 0 Å². The van der Waals surface area contributed by atoms with Gasteiger partial charge in [-0.1, -0.05) is 36.4 Å². The van der Waals surface area contributed by atoms with E-state index in [4.69, 9.17) is 4.74 Å². The van der Waals surface area contributed by atoms with Gasteiger partial charge in [0.1, 0.15) is 17.1 Å². The van der Waals surface area contributed by atoms with Crippen LogP contribution in [0, 0.1) is 13.8 Å². The first-order chi connectivity index (χ1) is 13.1. The molecule has 0 fully saturated rings. The number of para-hydroxylation sites is 3. The molecule has 0 saturated heterocycles. The van der Waals surface area contributed by atoms with Crippen molar-refractivity contribution >= 4 is 17.2 Å². The zero-order valence-corrected chi connectivity index (χ0v) is 15.1. The quantitative estimate of drug-likeness (QED) is 0.559. The number of pyridine rings is 1. The van der Waals surface area contributed by atoms with Gasteiger partial charge in [-0.15, -0.1) is 0 Å². The molecule has 5 nitrogen and oxygen atoms in total. The highest BCUT2D eigenvalue weighted by molar-refractivity contribution is 6.05. The fourth-order valence-electron chi connectivity index (χ4n) is 3.00. The lowest BCUT2D eigenvalue weighted by molar-refractivity contribution is 0.102. The number of nitrogens with one attached hydrogen (secondary N) is 1.